The molecule has 2 aliphatic heterocycles. The smallest absolute Gasteiger partial charge is 0.229 e. The Morgan fingerprint density at radius 2 is 1.79 bits per heavy atom. The molecule has 1 aromatic rings. The largest absolute Gasteiger partial charge is 0.342 e. The quantitative estimate of drug-likeness (QED) is 0.897. The zero-order valence-electron chi connectivity index (χ0n) is 11.2. The van der Waals surface area contributed by atoms with Crippen LogP contribution in [-0.4, -0.2) is 37.0 Å². The SMILES string of the molecule is CC(C(=O)N1C[C@H]2CNC[C@H]2C1)c1ccccc1.Cl. The molecule has 1 unspecified atom stereocenters. The van der Waals surface area contributed by atoms with Crippen LogP contribution in [0.4, 0.5) is 0 Å². The van der Waals surface area contributed by atoms with E-state index in [0.717, 1.165) is 31.7 Å². The Kier molecular flexibility index (Phi) is 4.48. The summed E-state index contributed by atoms with van der Waals surface area (Å²) in [6.45, 7) is 6.05. The molecular formula is C15H21ClN2O. The topological polar surface area (TPSA) is 32.3 Å². The minimum atomic E-state index is -0.0158. The Morgan fingerprint density at radius 1 is 1.21 bits per heavy atom. The van der Waals surface area contributed by atoms with Gasteiger partial charge in [-0.15, -0.1) is 12.4 Å². The molecule has 3 nitrogen and oxygen atoms in total. The van der Waals surface area contributed by atoms with Crippen LogP contribution in [0.3, 0.4) is 0 Å². The van der Waals surface area contributed by atoms with E-state index in [0.29, 0.717) is 11.8 Å². The van der Waals surface area contributed by atoms with E-state index in [1.807, 2.05) is 37.3 Å². The van der Waals surface area contributed by atoms with E-state index in [9.17, 15) is 4.79 Å². The number of amides is 1. The van der Waals surface area contributed by atoms with Crippen LogP contribution < -0.4 is 5.32 Å². The van der Waals surface area contributed by atoms with Crippen LogP contribution in [0.2, 0.25) is 0 Å². The third-order valence-corrected chi connectivity index (χ3v) is 4.37. The number of rotatable bonds is 2. The summed E-state index contributed by atoms with van der Waals surface area (Å²) < 4.78 is 0. The second kappa shape index (κ2) is 5.93. The highest BCUT2D eigenvalue weighted by atomic mass is 35.5. The molecule has 2 saturated heterocycles. The lowest BCUT2D eigenvalue weighted by atomic mass is 10.00. The van der Waals surface area contributed by atoms with Crippen LogP contribution in [0.15, 0.2) is 30.3 Å². The van der Waals surface area contributed by atoms with Crippen LogP contribution in [-0.2, 0) is 4.79 Å². The van der Waals surface area contributed by atoms with Gasteiger partial charge in [-0.1, -0.05) is 30.3 Å². The Labute approximate surface area is 120 Å². The molecule has 19 heavy (non-hydrogen) atoms. The molecular weight excluding hydrogens is 260 g/mol. The van der Waals surface area contributed by atoms with Gasteiger partial charge in [0.2, 0.25) is 5.91 Å². The summed E-state index contributed by atoms with van der Waals surface area (Å²) >= 11 is 0. The van der Waals surface area contributed by atoms with Crippen molar-refractivity contribution in [3.63, 3.8) is 0 Å². The van der Waals surface area contributed by atoms with Gasteiger partial charge in [0.25, 0.3) is 0 Å². The third kappa shape index (κ3) is 2.77. The van der Waals surface area contributed by atoms with Gasteiger partial charge >= 0.3 is 0 Å². The van der Waals surface area contributed by atoms with Crippen molar-refractivity contribution in [1.82, 2.24) is 10.2 Å². The van der Waals surface area contributed by atoms with Gasteiger partial charge in [0.1, 0.15) is 0 Å². The molecule has 0 bridgehead atoms. The first-order valence-electron chi connectivity index (χ1n) is 6.80. The number of carbonyl (C=O) groups is 1. The monoisotopic (exact) mass is 280 g/mol. The van der Waals surface area contributed by atoms with Crippen molar-refractivity contribution in [2.24, 2.45) is 11.8 Å². The first-order valence-corrected chi connectivity index (χ1v) is 6.80. The normalized spacial score (nSPS) is 26.7. The zero-order chi connectivity index (χ0) is 12.5. The number of benzene rings is 1. The van der Waals surface area contributed by atoms with Gasteiger partial charge in [-0.3, -0.25) is 4.79 Å². The lowest BCUT2D eigenvalue weighted by Gasteiger charge is -2.22. The van der Waals surface area contributed by atoms with Gasteiger partial charge in [0.05, 0.1) is 5.92 Å². The number of hydrogen-bond acceptors (Lipinski definition) is 2. The lowest BCUT2D eigenvalue weighted by Crippen LogP contribution is -2.34. The minimum Gasteiger partial charge on any atom is -0.342 e. The third-order valence-electron chi connectivity index (χ3n) is 4.37. The maximum atomic E-state index is 12.5. The van der Waals surface area contributed by atoms with Gasteiger partial charge in [-0.2, -0.15) is 0 Å². The summed E-state index contributed by atoms with van der Waals surface area (Å²) in [6, 6.07) is 10.1. The fourth-order valence-corrected chi connectivity index (χ4v) is 3.19. The molecule has 104 valence electrons. The molecule has 0 radical (unpaired) electrons. The van der Waals surface area contributed by atoms with Crippen molar-refractivity contribution in [2.75, 3.05) is 26.2 Å². The number of likely N-dealkylation sites (tertiary alicyclic amines) is 1. The predicted molar refractivity (Wildman–Crippen MR) is 78.5 cm³/mol. The summed E-state index contributed by atoms with van der Waals surface area (Å²) in [7, 11) is 0. The van der Waals surface area contributed by atoms with E-state index in [2.05, 4.69) is 10.2 Å². The molecule has 0 aromatic heterocycles. The number of halogens is 1. The van der Waals surface area contributed by atoms with Crippen molar-refractivity contribution in [1.29, 1.82) is 0 Å². The van der Waals surface area contributed by atoms with E-state index in [-0.39, 0.29) is 24.2 Å². The van der Waals surface area contributed by atoms with Gasteiger partial charge in [0.15, 0.2) is 0 Å². The van der Waals surface area contributed by atoms with E-state index in [4.69, 9.17) is 0 Å². The Morgan fingerprint density at radius 3 is 2.37 bits per heavy atom. The molecule has 2 fully saturated rings. The van der Waals surface area contributed by atoms with Crippen LogP contribution >= 0.6 is 12.4 Å². The second-order valence-electron chi connectivity index (χ2n) is 5.55. The Balaban J connectivity index is 0.00000133. The van der Waals surface area contributed by atoms with E-state index in [1.54, 1.807) is 0 Å². The average molecular weight is 281 g/mol. The number of nitrogens with one attached hydrogen (secondary N) is 1. The van der Waals surface area contributed by atoms with Crippen molar-refractivity contribution in [2.45, 2.75) is 12.8 Å². The Bertz CT molecular complexity index is 425. The Hall–Kier alpha value is -1.06. The van der Waals surface area contributed by atoms with E-state index in [1.165, 1.54) is 0 Å². The molecule has 1 N–H and O–H groups in total. The van der Waals surface area contributed by atoms with Crippen LogP contribution in [0.5, 0.6) is 0 Å². The highest BCUT2D eigenvalue weighted by molar-refractivity contribution is 5.85. The van der Waals surface area contributed by atoms with Crippen LogP contribution in [0, 0.1) is 11.8 Å². The van der Waals surface area contributed by atoms with Crippen LogP contribution in [0.25, 0.3) is 0 Å². The van der Waals surface area contributed by atoms with Crippen molar-refractivity contribution in [3.05, 3.63) is 35.9 Å². The lowest BCUT2D eigenvalue weighted by molar-refractivity contribution is -0.131. The molecule has 1 aromatic carbocycles. The predicted octanol–water partition coefficient (Wildman–Crippen LogP) is 1.89. The fourth-order valence-electron chi connectivity index (χ4n) is 3.19. The highest BCUT2D eigenvalue weighted by Crippen LogP contribution is 2.29. The first kappa shape index (κ1) is 14.4. The number of hydrogen-bond donors (Lipinski definition) is 1. The molecule has 3 rings (SSSR count). The number of fused-ring (bicyclic) bond motifs is 1. The van der Waals surface area contributed by atoms with Crippen molar-refractivity contribution < 1.29 is 4.79 Å². The summed E-state index contributed by atoms with van der Waals surface area (Å²) in [4.78, 5) is 14.5. The molecule has 4 heteroatoms. The minimum absolute atomic E-state index is 0. The maximum Gasteiger partial charge on any atom is 0.229 e. The van der Waals surface area contributed by atoms with E-state index >= 15 is 0 Å². The number of carbonyl (C=O) groups excluding carboxylic acids is 1. The van der Waals surface area contributed by atoms with Gasteiger partial charge in [-0.05, 0) is 24.3 Å². The standard InChI is InChI=1S/C15H20N2O.ClH/c1-11(12-5-3-2-4-6-12)15(18)17-9-13-7-16-8-14(13)10-17;/h2-6,11,13-14,16H,7-10H2,1H3;1H/t11?,13-,14+;. The van der Waals surface area contributed by atoms with Crippen molar-refractivity contribution >= 4 is 18.3 Å². The number of nitrogens with zero attached hydrogens (tertiary/aromatic N) is 1. The zero-order valence-corrected chi connectivity index (χ0v) is 12.0. The van der Waals surface area contributed by atoms with Crippen LogP contribution in [0.1, 0.15) is 18.4 Å². The molecule has 0 saturated carbocycles. The van der Waals surface area contributed by atoms with E-state index < -0.39 is 0 Å². The summed E-state index contributed by atoms with van der Waals surface area (Å²) in [5.74, 6) is 1.63. The maximum absolute atomic E-state index is 12.5. The second-order valence-corrected chi connectivity index (χ2v) is 5.55. The molecule has 2 heterocycles. The van der Waals surface area contributed by atoms with Gasteiger partial charge in [-0.25, -0.2) is 0 Å². The summed E-state index contributed by atoms with van der Waals surface area (Å²) in [5.41, 5.74) is 1.12. The average Bonchev–Trinajstić information content (AvgIpc) is 2.99. The summed E-state index contributed by atoms with van der Waals surface area (Å²) in [5, 5.41) is 3.41. The van der Waals surface area contributed by atoms with Crippen molar-refractivity contribution in [3.8, 4) is 0 Å². The first-order chi connectivity index (χ1) is 8.75. The molecule has 1 amide bonds. The van der Waals surface area contributed by atoms with Gasteiger partial charge in [0, 0.05) is 26.2 Å². The molecule has 0 spiro atoms. The van der Waals surface area contributed by atoms with Gasteiger partial charge < -0.3 is 10.2 Å². The highest BCUT2D eigenvalue weighted by Gasteiger charge is 2.39. The summed E-state index contributed by atoms with van der Waals surface area (Å²) in [6.07, 6.45) is 0. The molecule has 2 aliphatic rings. The molecule has 3 atom stereocenters. The molecule has 0 aliphatic carbocycles. The fraction of sp³-hybridized carbons (Fsp3) is 0.533.